The largest absolute Gasteiger partial charge is 0.342 e. The molecule has 0 aromatic rings. The van der Waals surface area contributed by atoms with E-state index in [4.69, 9.17) is 0 Å². The lowest BCUT2D eigenvalue weighted by molar-refractivity contribution is -0.134. The Morgan fingerprint density at radius 3 is 2.38 bits per heavy atom. The Kier molecular flexibility index (Phi) is 2.52. The van der Waals surface area contributed by atoms with Gasteiger partial charge in [0.2, 0.25) is 5.91 Å². The van der Waals surface area contributed by atoms with E-state index >= 15 is 0 Å². The molecule has 2 aliphatic rings. The molecule has 1 saturated heterocycles. The summed E-state index contributed by atoms with van der Waals surface area (Å²) in [6.07, 6.45) is 0.676. The molecule has 1 amide bonds. The smallest absolute Gasteiger partial charge is 0.260 e. The van der Waals surface area contributed by atoms with Crippen LogP contribution in [0, 0.1) is 17.3 Å². The van der Waals surface area contributed by atoms with Crippen LogP contribution in [0.25, 0.3) is 0 Å². The summed E-state index contributed by atoms with van der Waals surface area (Å²) in [5, 5.41) is 0. The molecule has 0 bridgehead atoms. The molecule has 2 nitrogen and oxygen atoms in total. The highest BCUT2D eigenvalue weighted by Gasteiger charge is 2.62. The van der Waals surface area contributed by atoms with Gasteiger partial charge in [0.1, 0.15) is 5.92 Å². The normalized spacial score (nSPS) is 36.9. The molecule has 92 valence electrons. The topological polar surface area (TPSA) is 20.3 Å². The first-order valence-corrected chi connectivity index (χ1v) is 5.93. The number of hydrogen-bond donors (Lipinski definition) is 0. The molecule has 1 saturated carbocycles. The van der Waals surface area contributed by atoms with E-state index < -0.39 is 11.8 Å². The molecule has 1 heterocycles. The minimum absolute atomic E-state index is 0.0971. The maximum absolute atomic E-state index is 12.8. The molecule has 0 aromatic heterocycles. The first-order valence-electron chi connectivity index (χ1n) is 5.93. The van der Waals surface area contributed by atoms with E-state index in [1.54, 1.807) is 4.90 Å². The molecule has 4 heteroatoms. The molecule has 0 N–H and O–H groups in total. The van der Waals surface area contributed by atoms with Gasteiger partial charge in [0, 0.05) is 19.5 Å². The lowest BCUT2D eigenvalue weighted by Crippen LogP contribution is -2.35. The molecule has 1 aliphatic heterocycles. The summed E-state index contributed by atoms with van der Waals surface area (Å²) in [5.74, 6) is -3.62. The molecule has 0 unspecified atom stereocenters. The lowest BCUT2D eigenvalue weighted by atomic mass is 9.78. The fourth-order valence-corrected chi connectivity index (χ4v) is 2.35. The second-order valence-electron chi connectivity index (χ2n) is 5.84. The van der Waals surface area contributed by atoms with Crippen molar-refractivity contribution >= 4 is 5.91 Å². The van der Waals surface area contributed by atoms with Gasteiger partial charge in [-0.1, -0.05) is 20.8 Å². The summed E-state index contributed by atoms with van der Waals surface area (Å²) < 4.78 is 25.6. The molecular weight excluding hydrogens is 212 g/mol. The number of carbonyl (C=O) groups is 1. The Morgan fingerprint density at radius 2 is 2.00 bits per heavy atom. The molecule has 0 radical (unpaired) electrons. The maximum atomic E-state index is 12.8. The summed E-state index contributed by atoms with van der Waals surface area (Å²) in [4.78, 5) is 13.4. The van der Waals surface area contributed by atoms with Crippen molar-refractivity contribution in [1.29, 1.82) is 0 Å². The van der Waals surface area contributed by atoms with E-state index in [1.165, 1.54) is 0 Å². The molecule has 2 fully saturated rings. The van der Waals surface area contributed by atoms with Gasteiger partial charge in [0.05, 0.1) is 0 Å². The predicted octanol–water partition coefficient (Wildman–Crippen LogP) is 2.54. The highest BCUT2D eigenvalue weighted by atomic mass is 19.3. The van der Waals surface area contributed by atoms with Crippen LogP contribution < -0.4 is 0 Å². The quantitative estimate of drug-likeness (QED) is 0.715. The average molecular weight is 231 g/mol. The number of alkyl halides is 2. The zero-order valence-electron chi connectivity index (χ0n) is 10.1. The van der Waals surface area contributed by atoms with Crippen LogP contribution in [-0.4, -0.2) is 29.8 Å². The number of likely N-dealkylation sites (tertiary alicyclic amines) is 1. The van der Waals surface area contributed by atoms with Crippen molar-refractivity contribution in [2.45, 2.75) is 39.5 Å². The van der Waals surface area contributed by atoms with Gasteiger partial charge >= 0.3 is 0 Å². The summed E-state index contributed by atoms with van der Waals surface area (Å²) >= 11 is 0. The Morgan fingerprint density at radius 1 is 1.44 bits per heavy atom. The average Bonchev–Trinajstić information content (AvgIpc) is 2.62. The van der Waals surface area contributed by atoms with Gasteiger partial charge in [0.15, 0.2) is 0 Å². The number of hydrogen-bond acceptors (Lipinski definition) is 1. The van der Waals surface area contributed by atoms with Crippen molar-refractivity contribution in [3.63, 3.8) is 0 Å². The zero-order chi connectivity index (χ0) is 12.1. The predicted molar refractivity (Wildman–Crippen MR) is 57.2 cm³/mol. The minimum atomic E-state index is -2.73. The van der Waals surface area contributed by atoms with Crippen molar-refractivity contribution in [3.05, 3.63) is 0 Å². The maximum Gasteiger partial charge on any atom is 0.260 e. The van der Waals surface area contributed by atoms with Gasteiger partial charge in [-0.05, 0) is 17.8 Å². The highest BCUT2D eigenvalue weighted by molar-refractivity contribution is 5.83. The molecule has 1 aliphatic carbocycles. The molecule has 0 spiro atoms. The van der Waals surface area contributed by atoms with Crippen LogP contribution >= 0.6 is 0 Å². The van der Waals surface area contributed by atoms with Crippen molar-refractivity contribution in [3.8, 4) is 0 Å². The van der Waals surface area contributed by atoms with Crippen LogP contribution in [0.15, 0.2) is 0 Å². The fraction of sp³-hybridized carbons (Fsp3) is 0.917. The molecule has 2 atom stereocenters. The van der Waals surface area contributed by atoms with Crippen molar-refractivity contribution < 1.29 is 13.6 Å². The Labute approximate surface area is 95.0 Å². The van der Waals surface area contributed by atoms with E-state index in [-0.39, 0.29) is 17.7 Å². The number of rotatable bonds is 2. The second kappa shape index (κ2) is 3.41. The first-order chi connectivity index (χ1) is 7.26. The van der Waals surface area contributed by atoms with Gasteiger partial charge in [-0.2, -0.15) is 0 Å². The standard InChI is InChI=1S/C12H19F2NO/c1-8(2)11(3)4-5-15(7-11)10(16)9-6-12(9,13)14/h8-9H,4-7H2,1-3H3/t9-,11-/m0/s1. The third-order valence-electron chi connectivity index (χ3n) is 4.33. The van der Waals surface area contributed by atoms with E-state index in [0.717, 1.165) is 6.42 Å². The van der Waals surface area contributed by atoms with Crippen LogP contribution in [0.2, 0.25) is 0 Å². The van der Waals surface area contributed by atoms with Crippen LogP contribution in [-0.2, 0) is 4.79 Å². The summed E-state index contributed by atoms with van der Waals surface area (Å²) in [6, 6.07) is 0. The molecular formula is C12H19F2NO. The first kappa shape index (κ1) is 11.8. The van der Waals surface area contributed by atoms with E-state index in [1.807, 2.05) is 0 Å². The monoisotopic (exact) mass is 231 g/mol. The molecule has 2 rings (SSSR count). The number of nitrogens with zero attached hydrogens (tertiary/aromatic N) is 1. The third-order valence-corrected chi connectivity index (χ3v) is 4.33. The zero-order valence-corrected chi connectivity index (χ0v) is 10.1. The van der Waals surface area contributed by atoms with Crippen molar-refractivity contribution in [2.24, 2.45) is 17.3 Å². The van der Waals surface area contributed by atoms with Crippen LogP contribution in [0.3, 0.4) is 0 Å². The molecule has 0 aromatic carbocycles. The molecule has 16 heavy (non-hydrogen) atoms. The number of halogens is 2. The Hall–Kier alpha value is -0.670. The highest BCUT2D eigenvalue weighted by Crippen LogP contribution is 2.50. The summed E-state index contributed by atoms with van der Waals surface area (Å²) in [7, 11) is 0. The number of amides is 1. The Bertz CT molecular complexity index is 316. The lowest BCUT2D eigenvalue weighted by Gasteiger charge is -2.28. The van der Waals surface area contributed by atoms with Crippen LogP contribution in [0.1, 0.15) is 33.6 Å². The van der Waals surface area contributed by atoms with E-state index in [9.17, 15) is 13.6 Å². The van der Waals surface area contributed by atoms with Crippen molar-refractivity contribution in [1.82, 2.24) is 4.90 Å². The van der Waals surface area contributed by atoms with E-state index in [2.05, 4.69) is 20.8 Å². The summed E-state index contributed by atoms with van der Waals surface area (Å²) in [6.45, 7) is 7.66. The van der Waals surface area contributed by atoms with Crippen LogP contribution in [0.4, 0.5) is 8.78 Å². The van der Waals surface area contributed by atoms with Gasteiger partial charge < -0.3 is 4.90 Å². The van der Waals surface area contributed by atoms with Gasteiger partial charge in [-0.15, -0.1) is 0 Å². The van der Waals surface area contributed by atoms with Gasteiger partial charge in [-0.3, -0.25) is 4.79 Å². The Balaban J connectivity index is 1.97. The third kappa shape index (κ3) is 1.82. The SMILES string of the molecule is CC(C)[C@@]1(C)CCN(C(=O)[C@@H]2CC2(F)F)C1. The van der Waals surface area contributed by atoms with Gasteiger partial charge in [-0.25, -0.2) is 8.78 Å². The van der Waals surface area contributed by atoms with E-state index in [0.29, 0.717) is 19.0 Å². The fourth-order valence-electron chi connectivity index (χ4n) is 2.35. The van der Waals surface area contributed by atoms with Gasteiger partial charge in [0.25, 0.3) is 5.92 Å². The van der Waals surface area contributed by atoms with Crippen LogP contribution in [0.5, 0.6) is 0 Å². The van der Waals surface area contributed by atoms with Crippen molar-refractivity contribution in [2.75, 3.05) is 13.1 Å². The second-order valence-corrected chi connectivity index (χ2v) is 5.84. The number of carbonyl (C=O) groups excluding carboxylic acids is 1. The minimum Gasteiger partial charge on any atom is -0.342 e. The summed E-state index contributed by atoms with van der Waals surface area (Å²) in [5.41, 5.74) is 0.0971.